The lowest BCUT2D eigenvalue weighted by Gasteiger charge is -2.13. The Kier molecular flexibility index (Phi) is 5.14. The van der Waals surface area contributed by atoms with Crippen LogP contribution in [-0.4, -0.2) is 24.3 Å². The largest absolute Gasteiger partial charge is 0.546 e. The predicted octanol–water partition coefficient (Wildman–Crippen LogP) is 4.26. The molecule has 0 aliphatic rings. The Labute approximate surface area is 150 Å². The average molecular weight is 350 g/mol. The molecule has 3 rings (SSSR count). The van der Waals surface area contributed by atoms with Crippen LogP contribution in [0.15, 0.2) is 65.9 Å². The fourth-order valence-electron chi connectivity index (χ4n) is 2.60. The van der Waals surface area contributed by atoms with Crippen molar-refractivity contribution in [3.8, 4) is 5.75 Å². The van der Waals surface area contributed by atoms with E-state index in [4.69, 9.17) is 9.42 Å². The highest BCUT2D eigenvalue weighted by atomic mass is 28.3. The first-order valence-electron chi connectivity index (χ1n) is 8.44. The minimum absolute atomic E-state index is 0.839. The monoisotopic (exact) mass is 349 g/mol. The van der Waals surface area contributed by atoms with Gasteiger partial charge >= 0.3 is 0 Å². The summed E-state index contributed by atoms with van der Waals surface area (Å²) >= 11 is 0. The maximum absolute atomic E-state index is 6.06. The van der Waals surface area contributed by atoms with Crippen molar-refractivity contribution in [3.05, 3.63) is 77.9 Å². The molecule has 0 unspecified atom stereocenters. The molecule has 0 amide bonds. The summed E-state index contributed by atoms with van der Waals surface area (Å²) in [7, 11) is 0.783. The van der Waals surface area contributed by atoms with Crippen molar-refractivity contribution in [2.75, 3.05) is 0 Å². The number of rotatable bonds is 5. The minimum Gasteiger partial charge on any atom is -0.546 e. The van der Waals surface area contributed by atoms with E-state index in [1.165, 1.54) is 0 Å². The van der Waals surface area contributed by atoms with Crippen molar-refractivity contribution >= 4 is 20.4 Å². The van der Waals surface area contributed by atoms with Crippen molar-refractivity contribution in [1.82, 2.24) is 9.55 Å². The fourth-order valence-corrected chi connectivity index (χ4v) is 3.30. The van der Waals surface area contributed by atoms with Crippen LogP contribution in [0.2, 0.25) is 13.1 Å². The van der Waals surface area contributed by atoms with Gasteiger partial charge in [0.05, 0.1) is 12.0 Å². The first kappa shape index (κ1) is 17.2. The Hall–Kier alpha value is -2.66. The summed E-state index contributed by atoms with van der Waals surface area (Å²) in [5.74, 6) is 0.839. The fraction of sp³-hybridized carbons (Fsp3) is 0.200. The van der Waals surface area contributed by atoms with Gasteiger partial charge in [0.25, 0.3) is 0 Å². The van der Waals surface area contributed by atoms with Gasteiger partial charge in [-0.05, 0) is 32.2 Å². The summed E-state index contributed by atoms with van der Waals surface area (Å²) in [5, 5.41) is 0. The maximum Gasteiger partial charge on any atom is 0.229 e. The van der Waals surface area contributed by atoms with Crippen molar-refractivity contribution in [3.63, 3.8) is 0 Å². The Morgan fingerprint density at radius 2 is 1.72 bits per heavy atom. The smallest absolute Gasteiger partial charge is 0.229 e. The molecule has 5 heteroatoms. The molecule has 4 nitrogen and oxygen atoms in total. The maximum atomic E-state index is 6.06. The molecule has 0 N–H and O–H groups in total. The number of nitrogens with zero attached hydrogens (tertiary/aromatic N) is 3. The molecule has 0 spiro atoms. The first-order chi connectivity index (χ1) is 12.1. The molecular formula is C20H23N3OSi. The van der Waals surface area contributed by atoms with E-state index >= 15 is 0 Å². The van der Waals surface area contributed by atoms with Crippen LogP contribution in [0.25, 0.3) is 0 Å². The third-order valence-corrected chi connectivity index (χ3v) is 4.69. The Morgan fingerprint density at radius 3 is 2.36 bits per heavy atom. The van der Waals surface area contributed by atoms with E-state index in [-0.39, 0.29) is 0 Å². The normalized spacial score (nSPS) is 11.8. The zero-order valence-corrected chi connectivity index (χ0v) is 16.3. The quantitative estimate of drug-likeness (QED) is 0.510. The summed E-state index contributed by atoms with van der Waals surface area (Å²) in [6, 6.07) is 18.1. The summed E-state index contributed by atoms with van der Waals surface area (Å²) in [6.45, 7) is 6.37. The molecule has 1 heterocycles. The molecule has 2 aromatic carbocycles. The van der Waals surface area contributed by atoms with E-state index in [0.717, 1.165) is 34.1 Å². The van der Waals surface area contributed by atoms with E-state index in [2.05, 4.69) is 37.1 Å². The lowest BCUT2D eigenvalue weighted by Crippen LogP contribution is -2.11. The molecule has 25 heavy (non-hydrogen) atoms. The molecule has 0 saturated heterocycles. The second-order valence-corrected chi connectivity index (χ2v) is 8.58. The van der Waals surface area contributed by atoms with Crippen molar-refractivity contribution in [2.24, 2.45) is 12.0 Å². The highest BCUT2D eigenvalue weighted by Crippen LogP contribution is 2.29. The van der Waals surface area contributed by atoms with Gasteiger partial charge < -0.3 is 8.99 Å². The molecule has 0 aliphatic carbocycles. The summed E-state index contributed by atoms with van der Waals surface area (Å²) < 4.78 is 8.07. The Bertz CT molecular complexity index is 885. The van der Waals surface area contributed by atoms with Crippen molar-refractivity contribution in [1.29, 1.82) is 0 Å². The van der Waals surface area contributed by atoms with Gasteiger partial charge in [0.15, 0.2) is 0 Å². The van der Waals surface area contributed by atoms with E-state index in [1.54, 1.807) is 0 Å². The van der Waals surface area contributed by atoms with Gasteiger partial charge in [-0.15, -0.1) is 0 Å². The Morgan fingerprint density at radius 1 is 1.04 bits per heavy atom. The topological polar surface area (TPSA) is 39.4 Å². The standard InChI is InChI=1S/C20H23N3OSi/c1-15-19(21-14-23(15)2)20(16-10-6-5-7-11-16)22-17-12-8-9-13-18(17)24-25(3)4/h5-14,25H,1-4H3. The number of para-hydroxylation sites is 2. The molecule has 0 radical (unpaired) electrons. The first-order valence-corrected chi connectivity index (χ1v) is 11.2. The van der Waals surface area contributed by atoms with Crippen LogP contribution in [-0.2, 0) is 7.05 Å². The van der Waals surface area contributed by atoms with Crippen LogP contribution in [0, 0.1) is 6.92 Å². The van der Waals surface area contributed by atoms with Crippen molar-refractivity contribution < 1.29 is 4.43 Å². The predicted molar refractivity (Wildman–Crippen MR) is 106 cm³/mol. The van der Waals surface area contributed by atoms with E-state index in [1.807, 2.05) is 60.4 Å². The molecule has 0 aliphatic heterocycles. The second kappa shape index (κ2) is 7.48. The Balaban J connectivity index is 2.16. The van der Waals surface area contributed by atoms with Crippen LogP contribution in [0.5, 0.6) is 5.75 Å². The van der Waals surface area contributed by atoms with Gasteiger partial charge in [-0.1, -0.05) is 42.5 Å². The third-order valence-electron chi connectivity index (χ3n) is 3.96. The highest BCUT2D eigenvalue weighted by molar-refractivity contribution is 6.49. The molecule has 3 aromatic rings. The van der Waals surface area contributed by atoms with Crippen LogP contribution < -0.4 is 4.43 Å². The number of hydrogen-bond donors (Lipinski definition) is 0. The van der Waals surface area contributed by atoms with Gasteiger partial charge in [-0.2, -0.15) is 0 Å². The van der Waals surface area contributed by atoms with Crippen LogP contribution in [0.3, 0.4) is 0 Å². The molecule has 0 fully saturated rings. The number of aryl methyl sites for hydroxylation is 1. The van der Waals surface area contributed by atoms with Crippen LogP contribution in [0.4, 0.5) is 5.69 Å². The number of imidazole rings is 1. The van der Waals surface area contributed by atoms with Crippen LogP contribution >= 0.6 is 0 Å². The zero-order valence-electron chi connectivity index (χ0n) is 15.1. The molecular weight excluding hydrogens is 326 g/mol. The van der Waals surface area contributed by atoms with E-state index < -0.39 is 9.04 Å². The number of benzene rings is 2. The van der Waals surface area contributed by atoms with E-state index in [9.17, 15) is 0 Å². The van der Waals surface area contributed by atoms with Crippen LogP contribution in [0.1, 0.15) is 17.0 Å². The number of hydrogen-bond acceptors (Lipinski definition) is 3. The summed E-state index contributed by atoms with van der Waals surface area (Å²) in [5.41, 5.74) is 4.72. The highest BCUT2D eigenvalue weighted by Gasteiger charge is 2.15. The third kappa shape index (κ3) is 3.88. The second-order valence-electron chi connectivity index (χ2n) is 6.25. The van der Waals surface area contributed by atoms with Gasteiger partial charge in [0.2, 0.25) is 9.04 Å². The summed E-state index contributed by atoms with van der Waals surface area (Å²) in [6.07, 6.45) is 1.83. The lowest BCUT2D eigenvalue weighted by molar-refractivity contribution is 0.582. The molecule has 1 aromatic heterocycles. The van der Waals surface area contributed by atoms with Crippen molar-refractivity contribution in [2.45, 2.75) is 20.0 Å². The van der Waals surface area contributed by atoms with E-state index in [0.29, 0.717) is 0 Å². The summed E-state index contributed by atoms with van der Waals surface area (Å²) in [4.78, 5) is 9.54. The van der Waals surface area contributed by atoms with Gasteiger partial charge in [0, 0.05) is 18.3 Å². The molecule has 0 saturated carbocycles. The average Bonchev–Trinajstić information content (AvgIpc) is 2.93. The van der Waals surface area contributed by atoms with Gasteiger partial charge in [-0.25, -0.2) is 9.98 Å². The van der Waals surface area contributed by atoms with Gasteiger partial charge in [0.1, 0.15) is 17.1 Å². The zero-order chi connectivity index (χ0) is 17.8. The SMILES string of the molecule is Cc1c(C(=Nc2ccccc2O[SiH](C)C)c2ccccc2)ncn1C. The van der Waals surface area contributed by atoms with Gasteiger partial charge in [-0.3, -0.25) is 0 Å². The molecule has 0 atom stereocenters. The molecule has 0 bridgehead atoms. The molecule has 128 valence electrons. The number of aliphatic imine (C=N–C) groups is 1. The number of aromatic nitrogens is 2. The lowest BCUT2D eigenvalue weighted by atomic mass is 10.1. The minimum atomic E-state index is -1.21.